The van der Waals surface area contributed by atoms with Crippen molar-refractivity contribution in [1.82, 2.24) is 5.01 Å². The Kier molecular flexibility index (Phi) is 11.7. The van der Waals surface area contributed by atoms with E-state index in [2.05, 4.69) is 36.5 Å². The Morgan fingerprint density at radius 3 is 2.53 bits per heavy atom. The highest BCUT2D eigenvalue weighted by Crippen LogP contribution is 2.23. The van der Waals surface area contributed by atoms with Gasteiger partial charge < -0.3 is 20.1 Å². The summed E-state index contributed by atoms with van der Waals surface area (Å²) in [7, 11) is 0. The van der Waals surface area contributed by atoms with Gasteiger partial charge in [0.15, 0.2) is 0 Å². The maximum Gasteiger partial charge on any atom is 0.121 e. The van der Waals surface area contributed by atoms with Gasteiger partial charge in [-0.1, -0.05) is 49.2 Å². The van der Waals surface area contributed by atoms with E-state index >= 15 is 0 Å². The summed E-state index contributed by atoms with van der Waals surface area (Å²) in [6.45, 7) is 3.07. The topological polar surface area (TPSA) is 103 Å². The van der Waals surface area contributed by atoms with E-state index in [-0.39, 0.29) is 25.0 Å². The van der Waals surface area contributed by atoms with Crippen molar-refractivity contribution < 1.29 is 20.1 Å². The number of aromatic hydroxyl groups is 1. The van der Waals surface area contributed by atoms with E-state index in [0.717, 1.165) is 45.1 Å². The minimum atomic E-state index is -0.927. The van der Waals surface area contributed by atoms with Gasteiger partial charge in [-0.05, 0) is 55.9 Å². The number of aliphatic hydroxyl groups is 2. The highest BCUT2D eigenvalue weighted by molar-refractivity contribution is 5.36. The van der Waals surface area contributed by atoms with Gasteiger partial charge in [0.2, 0.25) is 0 Å². The molecule has 0 aliphatic rings. The fourth-order valence-corrected chi connectivity index (χ4v) is 3.54. The summed E-state index contributed by atoms with van der Waals surface area (Å²) >= 11 is 0. The van der Waals surface area contributed by atoms with Crippen LogP contribution in [-0.2, 0) is 17.8 Å². The highest BCUT2D eigenvalue weighted by atomic mass is 16.5. The van der Waals surface area contributed by atoms with E-state index in [4.69, 9.17) is 4.74 Å². The monoisotopic (exact) mass is 444 g/mol. The molecule has 7 nitrogen and oxygen atoms in total. The first kappa shape index (κ1) is 25.8. The predicted molar refractivity (Wildman–Crippen MR) is 125 cm³/mol. The lowest BCUT2D eigenvalue weighted by molar-refractivity contribution is 0.0575. The molecule has 2 unspecified atom stereocenters. The van der Waals surface area contributed by atoms with Gasteiger partial charge in [0.05, 0.1) is 30.6 Å². The summed E-state index contributed by atoms with van der Waals surface area (Å²) in [6.07, 6.45) is 5.09. The lowest BCUT2D eigenvalue weighted by atomic mass is 10.1. The number of phenols is 1. The first-order valence-corrected chi connectivity index (χ1v) is 11.4. The Bertz CT molecular complexity index is 787. The van der Waals surface area contributed by atoms with Crippen LogP contribution in [0.25, 0.3) is 0 Å². The minimum absolute atomic E-state index is 0.0246. The van der Waals surface area contributed by atoms with Crippen molar-refractivity contribution in [2.45, 2.75) is 64.3 Å². The third kappa shape index (κ3) is 9.34. The van der Waals surface area contributed by atoms with Crippen molar-refractivity contribution in [2.75, 3.05) is 19.7 Å². The maximum absolute atomic E-state index is 11.1. The van der Waals surface area contributed by atoms with Gasteiger partial charge in [-0.3, -0.25) is 5.01 Å². The molecule has 0 radical (unpaired) electrons. The van der Waals surface area contributed by atoms with Crippen molar-refractivity contribution in [3.63, 3.8) is 0 Å². The molecule has 0 aromatic heterocycles. The van der Waals surface area contributed by atoms with Crippen LogP contribution >= 0.6 is 0 Å². The van der Waals surface area contributed by atoms with Crippen LogP contribution in [0.2, 0.25) is 0 Å². The van der Waals surface area contributed by atoms with Gasteiger partial charge >= 0.3 is 0 Å². The van der Waals surface area contributed by atoms with Crippen molar-refractivity contribution in [1.29, 1.82) is 0 Å². The highest BCUT2D eigenvalue weighted by Gasteiger charge is 2.15. The van der Waals surface area contributed by atoms with Crippen LogP contribution in [-0.4, -0.2) is 46.1 Å². The minimum Gasteiger partial charge on any atom is -0.508 e. The second-order valence-electron chi connectivity index (χ2n) is 8.18. The molecule has 0 aliphatic heterocycles. The van der Waals surface area contributed by atoms with Crippen LogP contribution < -0.4 is 0 Å². The van der Waals surface area contributed by atoms with Crippen LogP contribution in [0, 0.1) is 4.91 Å². The summed E-state index contributed by atoms with van der Waals surface area (Å²) in [6, 6.07) is 15.0. The third-order valence-corrected chi connectivity index (χ3v) is 5.55. The molecule has 3 N–H and O–H groups in total. The zero-order chi connectivity index (χ0) is 23.2. The summed E-state index contributed by atoms with van der Waals surface area (Å²) in [4.78, 5) is 11.1. The lowest BCUT2D eigenvalue weighted by Crippen LogP contribution is -2.24. The fraction of sp³-hybridized carbons (Fsp3) is 0.520. The standard InChI is InChI=1S/C25H36N2O5/c1-20(11-12-21-9-5-4-6-10-21)32-16-8-3-2-7-15-27(26-31)18-25(30)22-13-14-24(29)23(17-22)19-28/h4-6,9-10,13-14,17,20,25,28-30H,2-3,7-8,11-12,15-16,18-19H2,1H3. The number of unbranched alkanes of at least 4 members (excludes halogenated alkanes) is 3. The van der Waals surface area contributed by atoms with Crippen LogP contribution in [0.4, 0.5) is 0 Å². The summed E-state index contributed by atoms with van der Waals surface area (Å²) in [5.41, 5.74) is 2.20. The van der Waals surface area contributed by atoms with E-state index in [1.807, 2.05) is 6.07 Å². The number of nitrogens with zero attached hydrogens (tertiary/aromatic N) is 2. The maximum atomic E-state index is 11.1. The molecule has 0 amide bonds. The van der Waals surface area contributed by atoms with Gasteiger partial charge in [0, 0.05) is 18.7 Å². The van der Waals surface area contributed by atoms with E-state index in [9.17, 15) is 20.2 Å². The van der Waals surface area contributed by atoms with Crippen LogP contribution in [0.1, 0.15) is 61.8 Å². The molecule has 2 atom stereocenters. The summed E-state index contributed by atoms with van der Waals surface area (Å²) in [5, 5.41) is 33.5. The van der Waals surface area contributed by atoms with Gasteiger partial charge in [-0.2, -0.15) is 0 Å². The third-order valence-electron chi connectivity index (χ3n) is 5.55. The molecule has 7 heteroatoms. The molecule has 176 valence electrons. The molecule has 0 spiro atoms. The van der Waals surface area contributed by atoms with Crippen LogP contribution in [0.3, 0.4) is 0 Å². The zero-order valence-electron chi connectivity index (χ0n) is 18.9. The Labute approximate surface area is 190 Å². The second kappa shape index (κ2) is 14.6. The van der Waals surface area contributed by atoms with Crippen LogP contribution in [0.15, 0.2) is 53.8 Å². The first-order chi connectivity index (χ1) is 15.5. The number of nitroso groups, excluding NO2 is 1. The second-order valence-corrected chi connectivity index (χ2v) is 8.18. The van der Waals surface area contributed by atoms with Gasteiger partial charge in [-0.15, -0.1) is 4.91 Å². The van der Waals surface area contributed by atoms with E-state index in [1.54, 1.807) is 6.07 Å². The molecule has 2 aromatic carbocycles. The van der Waals surface area contributed by atoms with Crippen molar-refractivity contribution in [3.05, 3.63) is 70.1 Å². The molecule has 0 saturated carbocycles. The Balaban J connectivity index is 1.56. The largest absolute Gasteiger partial charge is 0.508 e. The van der Waals surface area contributed by atoms with Crippen molar-refractivity contribution in [2.24, 2.45) is 5.29 Å². The van der Waals surface area contributed by atoms with E-state index in [1.165, 1.54) is 22.7 Å². The molecular weight excluding hydrogens is 408 g/mol. The van der Waals surface area contributed by atoms with Gasteiger partial charge in [0.25, 0.3) is 0 Å². The average Bonchev–Trinajstić information content (AvgIpc) is 2.82. The number of aryl methyl sites for hydroxylation is 1. The number of rotatable bonds is 16. The van der Waals surface area contributed by atoms with Crippen molar-refractivity contribution >= 4 is 0 Å². The fourth-order valence-electron chi connectivity index (χ4n) is 3.54. The SMILES string of the molecule is CC(CCc1ccccc1)OCCCCCCN(CC(O)c1ccc(O)c(CO)c1)N=O. The van der Waals surface area contributed by atoms with E-state index < -0.39 is 6.10 Å². The Morgan fingerprint density at radius 2 is 1.81 bits per heavy atom. The number of hydrogen-bond acceptors (Lipinski definition) is 6. The molecule has 0 saturated heterocycles. The Morgan fingerprint density at radius 1 is 1.06 bits per heavy atom. The molecule has 2 rings (SSSR count). The van der Waals surface area contributed by atoms with Gasteiger partial charge in [0.1, 0.15) is 5.75 Å². The molecular formula is C25H36N2O5. The summed E-state index contributed by atoms with van der Waals surface area (Å²) < 4.78 is 5.89. The number of benzene rings is 2. The lowest BCUT2D eigenvalue weighted by Gasteiger charge is -2.20. The number of hydrogen-bond donors (Lipinski definition) is 3. The predicted octanol–water partition coefficient (Wildman–Crippen LogP) is 4.50. The molecule has 0 bridgehead atoms. The number of aliphatic hydroxyl groups excluding tert-OH is 2. The summed E-state index contributed by atoms with van der Waals surface area (Å²) in [5.74, 6) is -0.0246. The van der Waals surface area contributed by atoms with Gasteiger partial charge in [-0.25, -0.2) is 0 Å². The molecule has 32 heavy (non-hydrogen) atoms. The average molecular weight is 445 g/mol. The van der Waals surface area contributed by atoms with Crippen molar-refractivity contribution in [3.8, 4) is 5.75 Å². The number of ether oxygens (including phenoxy) is 1. The normalized spacial score (nSPS) is 13.0. The molecule has 0 aliphatic carbocycles. The van der Waals surface area contributed by atoms with Crippen LogP contribution in [0.5, 0.6) is 5.75 Å². The van der Waals surface area contributed by atoms with E-state index in [0.29, 0.717) is 17.7 Å². The Hall–Kier alpha value is -2.48. The molecule has 0 fully saturated rings. The molecule has 0 heterocycles. The zero-order valence-corrected chi connectivity index (χ0v) is 18.9. The quantitative estimate of drug-likeness (QED) is 0.200. The first-order valence-electron chi connectivity index (χ1n) is 11.4. The molecule has 2 aromatic rings. The smallest absolute Gasteiger partial charge is 0.121 e.